The lowest BCUT2D eigenvalue weighted by molar-refractivity contribution is -0.462. The molecule has 0 amide bonds. The van der Waals surface area contributed by atoms with Gasteiger partial charge in [-0.15, -0.1) is 0 Å². The van der Waals surface area contributed by atoms with Crippen molar-refractivity contribution in [3.8, 4) is 0 Å². The summed E-state index contributed by atoms with van der Waals surface area (Å²) in [5.41, 5.74) is 0. The Kier molecular flexibility index (Phi) is 2.35. The lowest BCUT2D eigenvalue weighted by atomic mass is 9.78. The van der Waals surface area contributed by atoms with Crippen LogP contribution >= 0.6 is 0 Å². The van der Waals surface area contributed by atoms with Crippen LogP contribution in [0.2, 0.25) is 0 Å². The molecule has 2 saturated carbocycles. The number of rotatable bonds is 0. The van der Waals surface area contributed by atoms with Crippen LogP contribution in [0.3, 0.4) is 0 Å². The Bertz CT molecular complexity index is 369. The Morgan fingerprint density at radius 3 is 2.33 bits per heavy atom. The molecule has 18 heavy (non-hydrogen) atoms. The average Bonchev–Trinajstić information content (AvgIpc) is 2.78. The van der Waals surface area contributed by atoms with Gasteiger partial charge in [0.15, 0.2) is 0 Å². The normalized spacial score (nSPS) is 50.3. The van der Waals surface area contributed by atoms with Gasteiger partial charge >= 0.3 is 17.9 Å². The molecule has 2 bridgehead atoms. The molecule has 0 aromatic carbocycles. The fraction of sp³-hybridized carbons (Fsp3) is 1.00. The minimum Gasteiger partial charge on any atom is -0.354 e. The number of fused-ring (bicyclic) bond motifs is 5. The highest BCUT2D eigenvalue weighted by atomic mass is 19.4. The molecular formula is C11H13F5O2. The first-order valence-corrected chi connectivity index (χ1v) is 6.00. The number of ether oxygens (including phenoxy) is 1. The van der Waals surface area contributed by atoms with Gasteiger partial charge in [0.25, 0.3) is 0 Å². The van der Waals surface area contributed by atoms with Gasteiger partial charge in [0, 0.05) is 6.42 Å². The molecule has 5 atom stereocenters. The van der Waals surface area contributed by atoms with Crippen LogP contribution < -0.4 is 0 Å². The molecule has 1 heterocycles. The summed E-state index contributed by atoms with van der Waals surface area (Å²) in [6.07, 6.45) is -5.19. The molecule has 5 unspecified atom stereocenters. The van der Waals surface area contributed by atoms with Gasteiger partial charge in [0.05, 0.1) is 6.10 Å². The summed E-state index contributed by atoms with van der Waals surface area (Å²) in [5, 5.41) is 9.31. The fourth-order valence-electron chi connectivity index (χ4n) is 3.82. The Morgan fingerprint density at radius 2 is 1.72 bits per heavy atom. The summed E-state index contributed by atoms with van der Waals surface area (Å²) >= 11 is 0. The third kappa shape index (κ3) is 1.40. The predicted molar refractivity (Wildman–Crippen MR) is 49.8 cm³/mol. The number of aliphatic hydroxyl groups is 1. The standard InChI is InChI=1S/C11H13F5O2/c12-9(13)4-7-5-1-2-6(3-5)8(7)18-10(9,17)11(14,15)16/h5-8,17H,1-4H2. The fourth-order valence-corrected chi connectivity index (χ4v) is 3.82. The lowest BCUT2D eigenvalue weighted by Crippen LogP contribution is -2.67. The van der Waals surface area contributed by atoms with Crippen molar-refractivity contribution in [3.63, 3.8) is 0 Å². The maximum atomic E-state index is 13.6. The highest BCUT2D eigenvalue weighted by Gasteiger charge is 2.76. The lowest BCUT2D eigenvalue weighted by Gasteiger charge is -2.48. The van der Waals surface area contributed by atoms with Gasteiger partial charge in [-0.2, -0.15) is 13.2 Å². The Balaban J connectivity index is 1.94. The molecule has 7 heteroatoms. The second-order valence-corrected chi connectivity index (χ2v) is 5.63. The molecule has 1 saturated heterocycles. The smallest absolute Gasteiger partial charge is 0.354 e. The minimum absolute atomic E-state index is 0.0173. The molecule has 0 aromatic heterocycles. The van der Waals surface area contributed by atoms with E-state index in [1.165, 1.54) is 0 Å². The van der Waals surface area contributed by atoms with E-state index < -0.39 is 36.3 Å². The molecule has 0 radical (unpaired) electrons. The highest BCUT2D eigenvalue weighted by Crippen LogP contribution is 2.60. The number of hydrogen-bond donors (Lipinski definition) is 1. The first kappa shape index (κ1) is 12.6. The monoisotopic (exact) mass is 272 g/mol. The zero-order valence-corrected chi connectivity index (χ0v) is 9.38. The van der Waals surface area contributed by atoms with Gasteiger partial charge in [-0.05, 0) is 37.0 Å². The van der Waals surface area contributed by atoms with E-state index in [2.05, 4.69) is 4.74 Å². The topological polar surface area (TPSA) is 29.5 Å². The van der Waals surface area contributed by atoms with Crippen LogP contribution in [-0.2, 0) is 4.74 Å². The molecule has 1 aliphatic heterocycles. The number of halogens is 5. The zero-order chi connectivity index (χ0) is 13.3. The van der Waals surface area contributed by atoms with Crippen LogP contribution in [0.1, 0.15) is 25.7 Å². The summed E-state index contributed by atoms with van der Waals surface area (Å²) in [4.78, 5) is 0. The third-order valence-electron chi connectivity index (χ3n) is 4.68. The first-order chi connectivity index (χ1) is 8.16. The quantitative estimate of drug-likeness (QED) is 0.687. The van der Waals surface area contributed by atoms with Gasteiger partial charge in [-0.1, -0.05) is 0 Å². The van der Waals surface area contributed by atoms with Crippen molar-refractivity contribution in [1.29, 1.82) is 0 Å². The first-order valence-electron chi connectivity index (χ1n) is 6.00. The molecule has 0 spiro atoms. The van der Waals surface area contributed by atoms with E-state index in [9.17, 15) is 27.1 Å². The van der Waals surface area contributed by atoms with E-state index in [0.717, 1.165) is 6.42 Å². The van der Waals surface area contributed by atoms with Gasteiger partial charge in [0.1, 0.15) is 0 Å². The molecule has 104 valence electrons. The second kappa shape index (κ2) is 3.36. The number of hydrogen-bond acceptors (Lipinski definition) is 2. The van der Waals surface area contributed by atoms with Crippen molar-refractivity contribution < 1.29 is 31.8 Å². The predicted octanol–water partition coefficient (Wildman–Crippen LogP) is 2.71. The van der Waals surface area contributed by atoms with Crippen molar-refractivity contribution in [1.82, 2.24) is 0 Å². The third-order valence-corrected chi connectivity index (χ3v) is 4.68. The van der Waals surface area contributed by atoms with Crippen molar-refractivity contribution in [2.45, 2.75) is 49.7 Å². The molecule has 0 aromatic rings. The SMILES string of the molecule is OC1(C(F)(F)F)OC2C3CCC(C3)C2CC1(F)F. The van der Waals surface area contributed by atoms with Gasteiger partial charge in [-0.25, -0.2) is 8.78 Å². The average molecular weight is 272 g/mol. The van der Waals surface area contributed by atoms with Crippen LogP contribution in [-0.4, -0.2) is 29.1 Å². The minimum atomic E-state index is -5.48. The van der Waals surface area contributed by atoms with E-state index in [1.54, 1.807) is 0 Å². The van der Waals surface area contributed by atoms with Crippen molar-refractivity contribution >= 4 is 0 Å². The van der Waals surface area contributed by atoms with Crippen LogP contribution in [0.5, 0.6) is 0 Å². The van der Waals surface area contributed by atoms with E-state index >= 15 is 0 Å². The van der Waals surface area contributed by atoms with E-state index in [-0.39, 0.29) is 11.8 Å². The van der Waals surface area contributed by atoms with Crippen LogP contribution in [0, 0.1) is 17.8 Å². The second-order valence-electron chi connectivity index (χ2n) is 5.63. The van der Waals surface area contributed by atoms with E-state index in [1.807, 2.05) is 0 Å². The van der Waals surface area contributed by atoms with Gasteiger partial charge in [-0.3, -0.25) is 0 Å². The van der Waals surface area contributed by atoms with Gasteiger partial charge in [0.2, 0.25) is 0 Å². The maximum Gasteiger partial charge on any atom is 0.449 e. The summed E-state index contributed by atoms with van der Waals surface area (Å²) < 4.78 is 69.7. The van der Waals surface area contributed by atoms with Crippen molar-refractivity contribution in [2.24, 2.45) is 17.8 Å². The highest BCUT2D eigenvalue weighted by molar-refractivity contribution is 5.07. The van der Waals surface area contributed by atoms with Crippen LogP contribution in [0.4, 0.5) is 22.0 Å². The molecule has 3 rings (SSSR count). The summed E-state index contributed by atoms with van der Waals surface area (Å²) in [6, 6.07) is 0. The van der Waals surface area contributed by atoms with E-state index in [4.69, 9.17) is 0 Å². The molecule has 3 aliphatic rings. The number of alkyl halides is 5. The van der Waals surface area contributed by atoms with Crippen LogP contribution in [0.25, 0.3) is 0 Å². The molecular weight excluding hydrogens is 259 g/mol. The molecule has 1 N–H and O–H groups in total. The Morgan fingerprint density at radius 1 is 1.11 bits per heavy atom. The van der Waals surface area contributed by atoms with E-state index in [0.29, 0.717) is 12.8 Å². The molecule has 2 aliphatic carbocycles. The Labute approximate surface area is 100 Å². The van der Waals surface area contributed by atoms with Crippen molar-refractivity contribution in [3.05, 3.63) is 0 Å². The molecule has 2 nitrogen and oxygen atoms in total. The largest absolute Gasteiger partial charge is 0.449 e. The van der Waals surface area contributed by atoms with Gasteiger partial charge < -0.3 is 9.84 Å². The van der Waals surface area contributed by atoms with Crippen molar-refractivity contribution in [2.75, 3.05) is 0 Å². The Hall–Kier alpha value is -0.430. The molecule has 3 fully saturated rings. The summed E-state index contributed by atoms with van der Waals surface area (Å²) in [6.45, 7) is 0. The zero-order valence-electron chi connectivity index (χ0n) is 9.38. The van der Waals surface area contributed by atoms with Crippen LogP contribution in [0.15, 0.2) is 0 Å². The summed E-state index contributed by atoms with van der Waals surface area (Å²) in [7, 11) is 0. The summed E-state index contributed by atoms with van der Waals surface area (Å²) in [5.74, 6) is -9.27. The maximum absolute atomic E-state index is 13.6.